The highest BCUT2D eigenvalue weighted by atomic mass is 35.5. The van der Waals surface area contributed by atoms with Crippen LogP contribution in [0.15, 0.2) is 36.7 Å². The summed E-state index contributed by atoms with van der Waals surface area (Å²) in [5.41, 5.74) is 2.36. The number of hydrogen-bond donors (Lipinski definition) is 1. The molecule has 134 valence electrons. The van der Waals surface area contributed by atoms with E-state index < -0.39 is 0 Å². The molecule has 0 bridgehead atoms. The molecule has 0 saturated carbocycles. The number of carbonyl (C=O) groups excluding carboxylic acids is 1. The van der Waals surface area contributed by atoms with Gasteiger partial charge in [0.05, 0.1) is 6.20 Å². The maximum absolute atomic E-state index is 12.2. The number of nitrogens with zero attached hydrogens (tertiary/aromatic N) is 3. The van der Waals surface area contributed by atoms with Crippen molar-refractivity contribution in [3.63, 3.8) is 0 Å². The van der Waals surface area contributed by atoms with Crippen molar-refractivity contribution in [2.45, 2.75) is 38.3 Å². The number of carbonyl (C=O) groups is 1. The molecule has 2 aromatic rings. The molecular formula is C19H25ClN4O. The maximum Gasteiger partial charge on any atom is 0.220 e. The molecule has 1 aromatic carbocycles. The smallest absolute Gasteiger partial charge is 0.220 e. The summed E-state index contributed by atoms with van der Waals surface area (Å²) >= 11 is 5.94. The standard InChI is InChI=1S/C19H25ClN4O/c1-23-12-16(11-21-23)6-9-19(25)22-18-3-2-10-24(14-18)13-15-4-7-17(20)8-5-15/h4-5,7-8,11-12,18H,2-3,6,9-10,13-14H2,1H3,(H,22,25). The summed E-state index contributed by atoms with van der Waals surface area (Å²) in [7, 11) is 1.89. The first-order valence-corrected chi connectivity index (χ1v) is 9.20. The van der Waals surface area contributed by atoms with Crippen molar-refractivity contribution in [3.8, 4) is 0 Å². The first-order chi connectivity index (χ1) is 12.1. The van der Waals surface area contributed by atoms with Crippen molar-refractivity contribution in [2.75, 3.05) is 13.1 Å². The second-order valence-corrected chi connectivity index (χ2v) is 7.23. The van der Waals surface area contributed by atoms with Crippen molar-refractivity contribution >= 4 is 17.5 Å². The van der Waals surface area contributed by atoms with Gasteiger partial charge in [-0.3, -0.25) is 14.4 Å². The van der Waals surface area contributed by atoms with Crippen LogP contribution in [-0.4, -0.2) is 39.7 Å². The second kappa shape index (κ2) is 8.50. The summed E-state index contributed by atoms with van der Waals surface area (Å²) in [6, 6.07) is 8.23. The molecule has 1 N–H and O–H groups in total. The third-order valence-electron chi connectivity index (χ3n) is 4.59. The van der Waals surface area contributed by atoms with Crippen molar-refractivity contribution < 1.29 is 4.79 Å². The molecular weight excluding hydrogens is 336 g/mol. The van der Waals surface area contributed by atoms with Crippen LogP contribution in [0.5, 0.6) is 0 Å². The number of nitrogens with one attached hydrogen (secondary N) is 1. The van der Waals surface area contributed by atoms with Crippen LogP contribution in [0.3, 0.4) is 0 Å². The molecule has 6 heteroatoms. The molecule has 1 amide bonds. The molecule has 3 rings (SSSR count). The van der Waals surface area contributed by atoms with Crippen LogP contribution < -0.4 is 5.32 Å². The van der Waals surface area contributed by atoms with Gasteiger partial charge in [-0.2, -0.15) is 5.10 Å². The van der Waals surface area contributed by atoms with Gasteiger partial charge in [-0.05, 0) is 49.1 Å². The normalized spacial score (nSPS) is 18.2. The zero-order valence-corrected chi connectivity index (χ0v) is 15.4. The minimum Gasteiger partial charge on any atom is -0.352 e. The molecule has 0 aliphatic carbocycles. The van der Waals surface area contributed by atoms with E-state index in [-0.39, 0.29) is 11.9 Å². The van der Waals surface area contributed by atoms with Gasteiger partial charge in [-0.25, -0.2) is 0 Å². The van der Waals surface area contributed by atoms with Crippen LogP contribution in [0.1, 0.15) is 30.4 Å². The van der Waals surface area contributed by atoms with Gasteiger partial charge in [0.25, 0.3) is 0 Å². The van der Waals surface area contributed by atoms with Crippen molar-refractivity contribution in [3.05, 3.63) is 52.8 Å². The van der Waals surface area contributed by atoms with Gasteiger partial charge in [-0.1, -0.05) is 23.7 Å². The largest absolute Gasteiger partial charge is 0.352 e. The van der Waals surface area contributed by atoms with Crippen LogP contribution in [0.25, 0.3) is 0 Å². The average Bonchev–Trinajstić information content (AvgIpc) is 3.01. The molecule has 1 aliphatic rings. The average molecular weight is 361 g/mol. The van der Waals surface area contributed by atoms with Gasteiger partial charge < -0.3 is 5.32 Å². The minimum atomic E-state index is 0.127. The first kappa shape index (κ1) is 18.0. The van der Waals surface area contributed by atoms with Crippen LogP contribution in [0.2, 0.25) is 5.02 Å². The van der Waals surface area contributed by atoms with Crippen LogP contribution in [0.4, 0.5) is 0 Å². The van der Waals surface area contributed by atoms with Crippen molar-refractivity contribution in [2.24, 2.45) is 7.05 Å². The van der Waals surface area contributed by atoms with Crippen LogP contribution in [0, 0.1) is 0 Å². The first-order valence-electron chi connectivity index (χ1n) is 8.82. The van der Waals surface area contributed by atoms with Crippen molar-refractivity contribution in [1.82, 2.24) is 20.0 Å². The van der Waals surface area contributed by atoms with Crippen LogP contribution >= 0.6 is 11.6 Å². The maximum atomic E-state index is 12.2. The zero-order valence-electron chi connectivity index (χ0n) is 14.6. The van der Waals surface area contributed by atoms with E-state index in [2.05, 4.69) is 27.4 Å². The Morgan fingerprint density at radius 1 is 1.32 bits per heavy atom. The third-order valence-corrected chi connectivity index (χ3v) is 4.84. The number of hydrogen-bond acceptors (Lipinski definition) is 3. The summed E-state index contributed by atoms with van der Waals surface area (Å²) in [6.45, 7) is 2.88. The highest BCUT2D eigenvalue weighted by molar-refractivity contribution is 6.30. The lowest BCUT2D eigenvalue weighted by molar-refractivity contribution is -0.122. The fraction of sp³-hybridized carbons (Fsp3) is 0.474. The number of aromatic nitrogens is 2. The Kier molecular flexibility index (Phi) is 6.10. The fourth-order valence-electron chi connectivity index (χ4n) is 3.32. The fourth-order valence-corrected chi connectivity index (χ4v) is 3.45. The summed E-state index contributed by atoms with van der Waals surface area (Å²) in [6.07, 6.45) is 7.20. The van der Waals surface area contributed by atoms with E-state index in [1.165, 1.54) is 5.56 Å². The van der Waals surface area contributed by atoms with E-state index in [4.69, 9.17) is 11.6 Å². The van der Waals surface area contributed by atoms with Gasteiger partial charge in [0.1, 0.15) is 0 Å². The Morgan fingerprint density at radius 3 is 2.84 bits per heavy atom. The third kappa shape index (κ3) is 5.58. The Hall–Kier alpha value is -1.85. The zero-order chi connectivity index (χ0) is 17.6. The van der Waals surface area contributed by atoms with E-state index in [0.717, 1.165) is 49.5 Å². The molecule has 1 saturated heterocycles. The molecule has 5 nitrogen and oxygen atoms in total. The Morgan fingerprint density at radius 2 is 2.12 bits per heavy atom. The van der Waals surface area contributed by atoms with Gasteiger partial charge in [0.2, 0.25) is 5.91 Å². The SMILES string of the molecule is Cn1cc(CCC(=O)NC2CCCN(Cc3ccc(Cl)cc3)C2)cn1. The summed E-state index contributed by atoms with van der Waals surface area (Å²) < 4.78 is 1.77. The molecule has 2 heterocycles. The predicted molar refractivity (Wildman–Crippen MR) is 99.4 cm³/mol. The number of aryl methyl sites for hydroxylation is 2. The topological polar surface area (TPSA) is 50.2 Å². The van der Waals surface area contributed by atoms with Gasteiger partial charge >= 0.3 is 0 Å². The highest BCUT2D eigenvalue weighted by Gasteiger charge is 2.21. The Bertz CT molecular complexity index is 698. The van der Waals surface area contributed by atoms with Gasteiger partial charge in [0.15, 0.2) is 0 Å². The molecule has 0 spiro atoms. The second-order valence-electron chi connectivity index (χ2n) is 6.79. The predicted octanol–water partition coefficient (Wildman–Crippen LogP) is 2.79. The summed E-state index contributed by atoms with van der Waals surface area (Å²) in [5.74, 6) is 0.127. The number of halogens is 1. The van der Waals surface area contributed by atoms with E-state index in [9.17, 15) is 4.79 Å². The lowest BCUT2D eigenvalue weighted by Gasteiger charge is -2.33. The lowest BCUT2D eigenvalue weighted by Crippen LogP contribution is -2.47. The van der Waals surface area contributed by atoms with Crippen LogP contribution in [-0.2, 0) is 24.8 Å². The molecule has 1 atom stereocenters. The van der Waals surface area contributed by atoms with Gasteiger partial charge in [0, 0.05) is 43.8 Å². The van der Waals surface area contributed by atoms with Gasteiger partial charge in [-0.15, -0.1) is 0 Å². The lowest BCUT2D eigenvalue weighted by atomic mass is 10.0. The van der Waals surface area contributed by atoms with E-state index in [1.54, 1.807) is 4.68 Å². The molecule has 1 fully saturated rings. The number of piperidine rings is 1. The summed E-state index contributed by atoms with van der Waals surface area (Å²) in [4.78, 5) is 14.6. The van der Waals surface area contributed by atoms with E-state index in [1.807, 2.05) is 31.6 Å². The molecule has 1 unspecified atom stereocenters. The number of likely N-dealkylation sites (tertiary alicyclic amines) is 1. The van der Waals surface area contributed by atoms with Crippen molar-refractivity contribution in [1.29, 1.82) is 0 Å². The Balaban J connectivity index is 1.44. The molecule has 1 aliphatic heterocycles. The van der Waals surface area contributed by atoms with E-state index >= 15 is 0 Å². The number of amides is 1. The summed E-state index contributed by atoms with van der Waals surface area (Å²) in [5, 5.41) is 8.09. The van der Waals surface area contributed by atoms with E-state index in [0.29, 0.717) is 6.42 Å². The Labute approximate surface area is 154 Å². The quantitative estimate of drug-likeness (QED) is 0.861. The number of benzene rings is 1. The molecule has 25 heavy (non-hydrogen) atoms. The minimum absolute atomic E-state index is 0.127. The monoisotopic (exact) mass is 360 g/mol. The molecule has 0 radical (unpaired) electrons. The number of rotatable bonds is 6. The molecule has 1 aromatic heterocycles. The highest BCUT2D eigenvalue weighted by Crippen LogP contribution is 2.16.